The molecule has 0 bridgehead atoms. The maximum absolute atomic E-state index is 13.1. The first-order valence-electron chi connectivity index (χ1n) is 40.3. The summed E-state index contributed by atoms with van der Waals surface area (Å²) < 4.78 is 68.6. The van der Waals surface area contributed by atoms with E-state index in [0.717, 1.165) is 114 Å². The first-order chi connectivity index (χ1) is 46.7. The fourth-order valence-electron chi connectivity index (χ4n) is 11.8. The molecule has 0 aromatic heterocycles. The van der Waals surface area contributed by atoms with Gasteiger partial charge in [-0.3, -0.25) is 37.3 Å². The van der Waals surface area contributed by atoms with Crippen molar-refractivity contribution < 1.29 is 80.2 Å². The van der Waals surface area contributed by atoms with Crippen LogP contribution in [0.25, 0.3) is 0 Å². The van der Waals surface area contributed by atoms with Gasteiger partial charge in [0.2, 0.25) is 0 Å². The molecular formula is C78H152O17P2. The number of aliphatic hydroxyl groups is 1. The highest BCUT2D eigenvalue weighted by atomic mass is 31.2. The van der Waals surface area contributed by atoms with Crippen LogP contribution >= 0.6 is 15.6 Å². The van der Waals surface area contributed by atoms with Gasteiger partial charge in [0.1, 0.15) is 19.3 Å². The predicted molar refractivity (Wildman–Crippen MR) is 395 cm³/mol. The van der Waals surface area contributed by atoms with Gasteiger partial charge >= 0.3 is 39.5 Å². The second-order valence-electron chi connectivity index (χ2n) is 29.5. The van der Waals surface area contributed by atoms with Crippen LogP contribution in [0.5, 0.6) is 0 Å². The number of carbonyl (C=O) groups is 4. The van der Waals surface area contributed by atoms with Crippen LogP contribution in [0.1, 0.15) is 396 Å². The van der Waals surface area contributed by atoms with Gasteiger partial charge in [-0.05, 0) is 49.4 Å². The van der Waals surface area contributed by atoms with Crippen LogP contribution in [0.3, 0.4) is 0 Å². The second kappa shape index (κ2) is 67.2. The molecule has 0 saturated carbocycles. The molecule has 0 heterocycles. The van der Waals surface area contributed by atoms with Gasteiger partial charge in [0.05, 0.1) is 26.4 Å². The molecule has 0 amide bonds. The van der Waals surface area contributed by atoms with E-state index in [-0.39, 0.29) is 25.7 Å². The summed E-state index contributed by atoms with van der Waals surface area (Å²) >= 11 is 0. The molecule has 0 aromatic carbocycles. The highest BCUT2D eigenvalue weighted by molar-refractivity contribution is 7.47. The van der Waals surface area contributed by atoms with Crippen molar-refractivity contribution in [2.75, 3.05) is 39.6 Å². The topological polar surface area (TPSA) is 237 Å². The number of rotatable bonds is 75. The number of carbonyl (C=O) groups excluding carboxylic acids is 4. The number of aliphatic hydroxyl groups excluding tert-OH is 1. The number of esters is 4. The van der Waals surface area contributed by atoms with Gasteiger partial charge in [0, 0.05) is 25.7 Å². The van der Waals surface area contributed by atoms with Crippen molar-refractivity contribution in [3.63, 3.8) is 0 Å². The Labute approximate surface area is 594 Å². The van der Waals surface area contributed by atoms with E-state index >= 15 is 0 Å². The minimum absolute atomic E-state index is 0.104. The number of phosphoric acid groups is 2. The lowest BCUT2D eigenvalue weighted by atomic mass is 9.99. The molecule has 3 N–H and O–H groups in total. The Bertz CT molecular complexity index is 1910. The zero-order chi connectivity index (χ0) is 71.7. The molecule has 576 valence electrons. The summed E-state index contributed by atoms with van der Waals surface area (Å²) in [6, 6.07) is 0. The monoisotopic (exact) mass is 1420 g/mol. The summed E-state index contributed by atoms with van der Waals surface area (Å²) in [7, 11) is -9.92. The lowest BCUT2D eigenvalue weighted by Crippen LogP contribution is -2.30. The third-order valence-electron chi connectivity index (χ3n) is 18.8. The van der Waals surface area contributed by atoms with Crippen LogP contribution < -0.4 is 0 Å². The number of unbranched alkanes of at least 4 members (excludes halogenated alkanes) is 39. The fourth-order valence-corrected chi connectivity index (χ4v) is 13.4. The van der Waals surface area contributed by atoms with Crippen LogP contribution in [0.2, 0.25) is 0 Å². The number of phosphoric ester groups is 2. The molecule has 0 aliphatic rings. The highest BCUT2D eigenvalue weighted by Gasteiger charge is 2.30. The van der Waals surface area contributed by atoms with Gasteiger partial charge in [-0.15, -0.1) is 0 Å². The minimum atomic E-state index is -4.96. The summed E-state index contributed by atoms with van der Waals surface area (Å²) in [5.74, 6) is 0.998. The molecule has 0 aliphatic heterocycles. The summed E-state index contributed by atoms with van der Waals surface area (Å²) in [5.41, 5.74) is 0. The zero-order valence-corrected chi connectivity index (χ0v) is 65.5. The molecule has 5 unspecified atom stereocenters. The van der Waals surface area contributed by atoms with Gasteiger partial charge in [0.15, 0.2) is 12.2 Å². The molecule has 0 rings (SSSR count). The molecule has 19 heteroatoms. The smallest absolute Gasteiger partial charge is 0.462 e. The average Bonchev–Trinajstić information content (AvgIpc) is 1.55. The van der Waals surface area contributed by atoms with Gasteiger partial charge < -0.3 is 33.8 Å². The van der Waals surface area contributed by atoms with Crippen LogP contribution in [0, 0.1) is 23.7 Å². The number of hydrogen-bond donors (Lipinski definition) is 3. The van der Waals surface area contributed by atoms with E-state index in [4.69, 9.17) is 37.0 Å². The second-order valence-corrected chi connectivity index (χ2v) is 32.4. The molecule has 0 aliphatic carbocycles. The Hall–Kier alpha value is -1.94. The van der Waals surface area contributed by atoms with Crippen molar-refractivity contribution >= 4 is 39.5 Å². The van der Waals surface area contributed by atoms with Crippen molar-refractivity contribution in [1.29, 1.82) is 0 Å². The van der Waals surface area contributed by atoms with Crippen molar-refractivity contribution in [2.45, 2.75) is 414 Å². The fraction of sp³-hybridized carbons (Fsp3) is 0.949. The average molecular weight is 1420 g/mol. The zero-order valence-electron chi connectivity index (χ0n) is 63.7. The summed E-state index contributed by atoms with van der Waals surface area (Å²) in [4.78, 5) is 72.9. The minimum Gasteiger partial charge on any atom is -0.462 e. The van der Waals surface area contributed by atoms with E-state index in [1.807, 2.05) is 0 Å². The van der Waals surface area contributed by atoms with Crippen molar-refractivity contribution in [3.8, 4) is 0 Å². The first-order valence-corrected chi connectivity index (χ1v) is 43.3. The summed E-state index contributed by atoms with van der Waals surface area (Å²) in [6.07, 6.45) is 52.8. The number of ether oxygens (including phenoxy) is 4. The maximum atomic E-state index is 13.1. The Morgan fingerprint density at radius 2 is 0.495 bits per heavy atom. The Balaban J connectivity index is 5.20. The van der Waals surface area contributed by atoms with Crippen molar-refractivity contribution in [2.24, 2.45) is 23.7 Å². The Morgan fingerprint density at radius 1 is 0.289 bits per heavy atom. The third kappa shape index (κ3) is 69.5. The Morgan fingerprint density at radius 3 is 0.732 bits per heavy atom. The first kappa shape index (κ1) is 95.1. The van der Waals surface area contributed by atoms with Crippen molar-refractivity contribution in [3.05, 3.63) is 0 Å². The number of hydrogen-bond acceptors (Lipinski definition) is 15. The third-order valence-corrected chi connectivity index (χ3v) is 20.7. The van der Waals surface area contributed by atoms with E-state index in [1.165, 1.54) is 193 Å². The SMILES string of the molecule is CCC(C)CCCCCCCCCCCCCCCCC(=O)OC[C@H](COP(=O)(O)OCC(O)COP(=O)(O)OC[C@@H](COC(=O)CCCCCCCCCC(C)C)OC(=O)CCCCCCCCCCCCCCCCC(C)CC)OC(=O)CCCCCCCCCCC(C)C. The highest BCUT2D eigenvalue weighted by Crippen LogP contribution is 2.45. The van der Waals surface area contributed by atoms with Crippen molar-refractivity contribution in [1.82, 2.24) is 0 Å². The van der Waals surface area contributed by atoms with E-state index < -0.39 is 97.5 Å². The largest absolute Gasteiger partial charge is 0.472 e. The molecule has 0 radical (unpaired) electrons. The summed E-state index contributed by atoms with van der Waals surface area (Å²) in [6.45, 7) is 14.2. The molecule has 0 saturated heterocycles. The molecule has 0 aromatic rings. The molecule has 17 nitrogen and oxygen atoms in total. The maximum Gasteiger partial charge on any atom is 0.472 e. The van der Waals surface area contributed by atoms with Crippen LogP contribution in [0.4, 0.5) is 0 Å². The predicted octanol–water partition coefficient (Wildman–Crippen LogP) is 22.8. The van der Waals surface area contributed by atoms with E-state index in [9.17, 15) is 43.2 Å². The lowest BCUT2D eigenvalue weighted by molar-refractivity contribution is -0.161. The van der Waals surface area contributed by atoms with E-state index in [1.54, 1.807) is 0 Å². The molecule has 0 fully saturated rings. The van der Waals surface area contributed by atoms with Crippen LogP contribution in [-0.4, -0.2) is 96.7 Å². The molecule has 97 heavy (non-hydrogen) atoms. The molecule has 0 spiro atoms. The van der Waals surface area contributed by atoms with E-state index in [2.05, 4.69) is 55.4 Å². The van der Waals surface area contributed by atoms with E-state index in [0.29, 0.717) is 31.6 Å². The normalized spacial score (nSPS) is 14.6. The van der Waals surface area contributed by atoms with Gasteiger partial charge in [0.25, 0.3) is 0 Å². The van der Waals surface area contributed by atoms with Gasteiger partial charge in [-0.25, -0.2) is 9.13 Å². The van der Waals surface area contributed by atoms with Crippen LogP contribution in [0.15, 0.2) is 0 Å². The van der Waals surface area contributed by atoms with Gasteiger partial charge in [-0.2, -0.15) is 0 Å². The molecule has 7 atom stereocenters. The van der Waals surface area contributed by atoms with Gasteiger partial charge in [-0.1, -0.05) is 344 Å². The summed E-state index contributed by atoms with van der Waals surface area (Å²) in [5, 5.41) is 10.6. The quantitative estimate of drug-likeness (QED) is 0.0222. The van der Waals surface area contributed by atoms with Crippen LogP contribution in [-0.2, 0) is 65.4 Å². The standard InChI is InChI=1S/C78H152O17P2/c1-9-70(7)56-48-40-32-23-19-15-11-13-17-21-25-34-42-50-58-75(80)88-64-73(95-78(83)61-53-45-36-28-27-30-38-46-54-68(3)4)66-92-96(84,85)90-62-72(79)63-91-97(86,87)93-67-74(65-89-76(81)59-51-43-37-29-31-39-47-55-69(5)6)94-77(82)60-52-44-35-26-22-18-14-12-16-20-24-33-41-49-57-71(8)10-2/h68-74,79H,9-67H2,1-8H3,(H,84,85)(H,86,87)/t70?,71?,72?,73-,74-/m1/s1. The lowest BCUT2D eigenvalue weighted by Gasteiger charge is -2.21. The Kier molecular flexibility index (Phi) is 65.9. The molecular weight excluding hydrogens is 1270 g/mol.